The van der Waals surface area contributed by atoms with E-state index < -0.39 is 6.03 Å². The van der Waals surface area contributed by atoms with Crippen LogP contribution in [0.25, 0.3) is 0 Å². The second-order valence-corrected chi connectivity index (χ2v) is 6.09. The molecule has 2 atom stereocenters. The number of rotatable bonds is 2. The summed E-state index contributed by atoms with van der Waals surface area (Å²) < 4.78 is 0. The summed E-state index contributed by atoms with van der Waals surface area (Å²) in [4.78, 5) is 25.1. The largest absolute Gasteiger partial charge is 0.333 e. The Labute approximate surface area is 108 Å². The van der Waals surface area contributed by atoms with Crippen LogP contribution in [0.15, 0.2) is 0 Å². The monoisotopic (exact) mass is 256 g/mol. The maximum Gasteiger partial charge on any atom is 0.321 e. The molecule has 4 N–H and O–H groups in total. The van der Waals surface area contributed by atoms with Gasteiger partial charge in [0.15, 0.2) is 0 Å². The van der Waals surface area contributed by atoms with Crippen molar-refractivity contribution < 1.29 is 9.59 Å². The van der Waals surface area contributed by atoms with Crippen LogP contribution in [0.3, 0.4) is 0 Å². The number of likely N-dealkylation sites (tertiary alicyclic amines) is 1. The quantitative estimate of drug-likeness (QED) is 0.643. The van der Waals surface area contributed by atoms with Gasteiger partial charge >= 0.3 is 6.03 Å². The summed E-state index contributed by atoms with van der Waals surface area (Å²) in [6.45, 7) is 9.37. The number of urea groups is 1. The SMILES string of the molecule is CC1CN(CC(=O)NC(=O)NC(C)(C)C)CC1N. The van der Waals surface area contributed by atoms with Crippen molar-refractivity contribution in [1.29, 1.82) is 0 Å². The first kappa shape index (κ1) is 14.9. The average molecular weight is 256 g/mol. The van der Waals surface area contributed by atoms with E-state index in [9.17, 15) is 9.59 Å². The van der Waals surface area contributed by atoms with E-state index in [2.05, 4.69) is 17.6 Å². The Morgan fingerprint density at radius 3 is 2.39 bits per heavy atom. The van der Waals surface area contributed by atoms with Gasteiger partial charge in [-0.25, -0.2) is 4.79 Å². The molecular formula is C12H24N4O2. The second kappa shape index (κ2) is 5.67. The highest BCUT2D eigenvalue weighted by atomic mass is 16.2. The van der Waals surface area contributed by atoms with E-state index >= 15 is 0 Å². The number of carbonyl (C=O) groups excluding carboxylic acids is 2. The van der Waals surface area contributed by atoms with Gasteiger partial charge in [-0.1, -0.05) is 6.92 Å². The first-order chi connectivity index (χ1) is 8.17. The molecular weight excluding hydrogens is 232 g/mol. The van der Waals surface area contributed by atoms with Gasteiger partial charge in [0.05, 0.1) is 6.54 Å². The van der Waals surface area contributed by atoms with Gasteiger partial charge < -0.3 is 11.1 Å². The van der Waals surface area contributed by atoms with E-state index in [0.29, 0.717) is 12.5 Å². The first-order valence-corrected chi connectivity index (χ1v) is 6.27. The van der Waals surface area contributed by atoms with Crippen LogP contribution >= 0.6 is 0 Å². The van der Waals surface area contributed by atoms with Crippen molar-refractivity contribution >= 4 is 11.9 Å². The van der Waals surface area contributed by atoms with Gasteiger partial charge in [0.2, 0.25) is 5.91 Å². The van der Waals surface area contributed by atoms with Gasteiger partial charge in [0.25, 0.3) is 0 Å². The third-order valence-corrected chi connectivity index (χ3v) is 2.85. The normalized spacial score (nSPS) is 24.9. The number of imide groups is 1. The van der Waals surface area contributed by atoms with Crippen LogP contribution in [0.1, 0.15) is 27.7 Å². The average Bonchev–Trinajstić information content (AvgIpc) is 2.41. The molecule has 1 saturated heterocycles. The minimum absolute atomic E-state index is 0.112. The molecule has 6 nitrogen and oxygen atoms in total. The molecule has 0 aliphatic carbocycles. The topological polar surface area (TPSA) is 87.5 Å². The highest BCUT2D eigenvalue weighted by Gasteiger charge is 2.28. The van der Waals surface area contributed by atoms with Gasteiger partial charge in [-0.15, -0.1) is 0 Å². The van der Waals surface area contributed by atoms with E-state index in [-0.39, 0.29) is 24.0 Å². The number of carbonyl (C=O) groups is 2. The zero-order valence-electron chi connectivity index (χ0n) is 11.6. The van der Waals surface area contributed by atoms with E-state index in [1.165, 1.54) is 0 Å². The molecule has 0 saturated carbocycles. The Balaban J connectivity index is 2.32. The van der Waals surface area contributed by atoms with E-state index in [0.717, 1.165) is 6.54 Å². The summed E-state index contributed by atoms with van der Waals surface area (Å²) in [5.74, 6) is 0.0965. The lowest BCUT2D eigenvalue weighted by Crippen LogP contribution is -2.50. The fourth-order valence-corrected chi connectivity index (χ4v) is 1.97. The number of hydrogen-bond acceptors (Lipinski definition) is 4. The molecule has 2 unspecified atom stereocenters. The molecule has 18 heavy (non-hydrogen) atoms. The highest BCUT2D eigenvalue weighted by Crippen LogP contribution is 2.13. The molecule has 1 heterocycles. The lowest BCUT2D eigenvalue weighted by Gasteiger charge is -2.21. The standard InChI is InChI=1S/C12H24N4O2/c1-8-5-16(6-9(8)13)7-10(17)14-11(18)15-12(2,3)4/h8-9H,5-7,13H2,1-4H3,(H2,14,15,17,18). The Bertz CT molecular complexity index is 315. The zero-order valence-corrected chi connectivity index (χ0v) is 11.6. The maximum absolute atomic E-state index is 11.7. The van der Waals surface area contributed by atoms with Crippen LogP contribution < -0.4 is 16.4 Å². The van der Waals surface area contributed by atoms with Gasteiger partial charge in [0, 0.05) is 24.7 Å². The lowest BCUT2D eigenvalue weighted by molar-refractivity contribution is -0.120. The second-order valence-electron chi connectivity index (χ2n) is 6.09. The molecule has 0 radical (unpaired) electrons. The highest BCUT2D eigenvalue weighted by molar-refractivity contribution is 5.95. The van der Waals surface area contributed by atoms with Crippen molar-refractivity contribution in [3.05, 3.63) is 0 Å². The molecule has 0 aromatic heterocycles. The molecule has 0 bridgehead atoms. The molecule has 1 rings (SSSR count). The summed E-state index contributed by atoms with van der Waals surface area (Å²) in [6, 6.07) is -0.342. The minimum atomic E-state index is -0.455. The lowest BCUT2D eigenvalue weighted by atomic mass is 10.1. The van der Waals surface area contributed by atoms with Crippen molar-refractivity contribution in [2.75, 3.05) is 19.6 Å². The van der Waals surface area contributed by atoms with Crippen molar-refractivity contribution in [3.63, 3.8) is 0 Å². The Morgan fingerprint density at radius 1 is 1.33 bits per heavy atom. The third-order valence-electron chi connectivity index (χ3n) is 2.85. The fourth-order valence-electron chi connectivity index (χ4n) is 1.97. The Kier molecular flexibility index (Phi) is 4.70. The molecule has 1 aliphatic heterocycles. The van der Waals surface area contributed by atoms with Crippen molar-refractivity contribution in [3.8, 4) is 0 Å². The molecule has 0 spiro atoms. The zero-order chi connectivity index (χ0) is 13.9. The van der Waals surface area contributed by atoms with Gasteiger partial charge in [-0.2, -0.15) is 0 Å². The molecule has 0 aromatic rings. The predicted octanol–water partition coefficient (Wildman–Crippen LogP) is -0.110. The number of nitrogens with zero attached hydrogens (tertiary/aromatic N) is 1. The molecule has 104 valence electrons. The summed E-state index contributed by atoms with van der Waals surface area (Å²) in [5.41, 5.74) is 5.52. The van der Waals surface area contributed by atoms with Crippen LogP contribution in [-0.2, 0) is 4.79 Å². The van der Waals surface area contributed by atoms with Crippen LogP contribution in [0.4, 0.5) is 4.79 Å². The number of hydrogen-bond donors (Lipinski definition) is 3. The van der Waals surface area contributed by atoms with Gasteiger partial charge in [-0.05, 0) is 26.7 Å². The number of nitrogens with one attached hydrogen (secondary N) is 2. The van der Waals surface area contributed by atoms with Crippen LogP contribution in [0.2, 0.25) is 0 Å². The number of amides is 3. The fraction of sp³-hybridized carbons (Fsp3) is 0.833. The molecule has 6 heteroatoms. The molecule has 3 amide bonds. The van der Waals surface area contributed by atoms with Crippen molar-refractivity contribution in [2.45, 2.75) is 39.3 Å². The van der Waals surface area contributed by atoms with Crippen molar-refractivity contribution in [2.24, 2.45) is 11.7 Å². The van der Waals surface area contributed by atoms with Crippen LogP contribution in [0, 0.1) is 5.92 Å². The maximum atomic E-state index is 11.7. The smallest absolute Gasteiger partial charge is 0.321 e. The van der Waals surface area contributed by atoms with Crippen molar-refractivity contribution in [1.82, 2.24) is 15.5 Å². The Hall–Kier alpha value is -1.14. The van der Waals surface area contributed by atoms with Gasteiger partial charge in [0.1, 0.15) is 0 Å². The summed E-state index contributed by atoms with van der Waals surface area (Å²) in [5, 5.41) is 5.00. The van der Waals surface area contributed by atoms with E-state index in [4.69, 9.17) is 5.73 Å². The van der Waals surface area contributed by atoms with Crippen LogP contribution in [0.5, 0.6) is 0 Å². The molecule has 0 aromatic carbocycles. The minimum Gasteiger partial charge on any atom is -0.333 e. The summed E-state index contributed by atoms with van der Waals surface area (Å²) >= 11 is 0. The first-order valence-electron chi connectivity index (χ1n) is 6.27. The summed E-state index contributed by atoms with van der Waals surface area (Å²) in [6.07, 6.45) is 0. The molecule has 1 fully saturated rings. The Morgan fingerprint density at radius 2 is 1.94 bits per heavy atom. The summed E-state index contributed by atoms with van der Waals surface area (Å²) in [7, 11) is 0. The van der Waals surface area contributed by atoms with Gasteiger partial charge in [-0.3, -0.25) is 15.0 Å². The molecule has 1 aliphatic rings. The number of nitrogens with two attached hydrogens (primary N) is 1. The van der Waals surface area contributed by atoms with Crippen LogP contribution in [-0.4, -0.2) is 48.1 Å². The predicted molar refractivity (Wildman–Crippen MR) is 70.0 cm³/mol. The van der Waals surface area contributed by atoms with E-state index in [1.807, 2.05) is 25.7 Å². The van der Waals surface area contributed by atoms with E-state index in [1.54, 1.807) is 0 Å². The third kappa shape index (κ3) is 5.01.